The Morgan fingerprint density at radius 3 is 1.79 bits per heavy atom. The summed E-state index contributed by atoms with van der Waals surface area (Å²) in [4.78, 5) is 56.5. The predicted octanol–water partition coefficient (Wildman–Crippen LogP) is -4.87. The summed E-state index contributed by atoms with van der Waals surface area (Å²) < 4.78 is 37.7. The SMILES string of the molecule is Nc1nc2c(ncn2C2O[C@@H]3COP(=S)(S)O[C@H]4[C@@H](O)[C@H](n5cnc6c(=O)[nH]c(N)nc65)O[C@@H]4COP(O)(=S)O[C@H]3[C@H]2O)c(=O)[nH]1.[Na+]. The van der Waals surface area contributed by atoms with Crippen LogP contribution in [-0.4, -0.2) is 104 Å². The standard InChI is InChI=1S/C20H24N10O11P2S3.Na/c21-19-25-13-7(15(33)27-19)23-3-29(13)17-9(31)11-6(39-17)2-37-43(45,46)41-12-5(1-36-42(35,44)40-11)38-18(10(12)32)30-4-24-8-14(30)26-20(22)28-16(8)34;/h3-6,9-12,17-18,31-32H,1-2H2,(H,35,44)(H,45,46)(H3,21,25,27,33)(H3,22,26,28,34);/q;+1/t5-,6-,9-,10-,11-,12-,17?,18-,42?;/m1./s1. The molecule has 3 unspecified atom stereocenters. The number of nitrogen functional groups attached to an aromatic ring is 2. The molecular formula is C20H24N10NaO11P2S3+. The van der Waals surface area contributed by atoms with Crippen LogP contribution < -0.4 is 52.1 Å². The van der Waals surface area contributed by atoms with Gasteiger partial charge in [0.1, 0.15) is 36.6 Å². The number of H-pyrrole nitrogens is 2. The molecule has 7 heterocycles. The number of aliphatic hydroxyl groups excluding tert-OH is 2. The number of aromatic nitrogens is 8. The second kappa shape index (κ2) is 13.0. The number of imidazole rings is 2. The number of hydrogen-bond donors (Lipinski definition) is 8. The second-order valence-electron chi connectivity index (χ2n) is 10.3. The van der Waals surface area contributed by atoms with Crippen molar-refractivity contribution in [2.75, 3.05) is 24.7 Å². The average molecular weight is 762 g/mol. The molecule has 21 nitrogen and oxygen atoms in total. The van der Waals surface area contributed by atoms with Gasteiger partial charge in [0.15, 0.2) is 34.8 Å². The number of thiol groups is 1. The van der Waals surface area contributed by atoms with Crippen molar-refractivity contribution in [3.8, 4) is 0 Å². The van der Waals surface area contributed by atoms with Crippen LogP contribution in [0.15, 0.2) is 22.2 Å². The Labute approximate surface area is 299 Å². The molecule has 0 saturated carbocycles. The van der Waals surface area contributed by atoms with Crippen LogP contribution in [0.1, 0.15) is 12.5 Å². The molecule has 0 aliphatic carbocycles. The minimum absolute atomic E-state index is 0. The summed E-state index contributed by atoms with van der Waals surface area (Å²) >= 11 is 15.2. The maximum absolute atomic E-state index is 12.3. The zero-order valence-electron chi connectivity index (χ0n) is 23.8. The van der Waals surface area contributed by atoms with E-state index in [1.807, 2.05) is 0 Å². The van der Waals surface area contributed by atoms with Gasteiger partial charge >= 0.3 is 36.3 Å². The molecule has 0 spiro atoms. The first kappa shape index (κ1) is 35.4. The Balaban J connectivity index is 0.00000386. The van der Waals surface area contributed by atoms with Gasteiger partial charge in [-0.1, -0.05) is 12.2 Å². The fraction of sp³-hybridized carbons (Fsp3) is 0.500. The first-order valence-corrected chi connectivity index (χ1v) is 19.5. The number of rotatable bonds is 2. The van der Waals surface area contributed by atoms with Gasteiger partial charge in [0.25, 0.3) is 11.1 Å². The molecule has 3 fully saturated rings. The number of aromatic amines is 2. The topological polar surface area (TPSA) is 295 Å². The smallest absolute Gasteiger partial charge is 0.386 e. The third kappa shape index (κ3) is 6.61. The molecule has 0 bridgehead atoms. The number of anilines is 2. The van der Waals surface area contributed by atoms with Gasteiger partial charge in [0.2, 0.25) is 17.6 Å². The molecule has 10 atom stereocenters. The van der Waals surface area contributed by atoms with E-state index in [4.69, 9.17) is 62.6 Å². The summed E-state index contributed by atoms with van der Waals surface area (Å²) in [5, 5.41) is 22.6. The van der Waals surface area contributed by atoms with Gasteiger partial charge in [0, 0.05) is 0 Å². The van der Waals surface area contributed by atoms with Crippen molar-refractivity contribution in [3.63, 3.8) is 0 Å². The fourth-order valence-electron chi connectivity index (χ4n) is 5.39. The van der Waals surface area contributed by atoms with Crippen molar-refractivity contribution in [1.82, 2.24) is 39.0 Å². The Morgan fingerprint density at radius 2 is 1.30 bits per heavy atom. The van der Waals surface area contributed by atoms with Crippen LogP contribution in [0.25, 0.3) is 22.3 Å². The second-order valence-corrected chi connectivity index (χ2v) is 18.4. The van der Waals surface area contributed by atoms with E-state index in [9.17, 15) is 24.7 Å². The average Bonchev–Trinajstić information content (AvgIpc) is 3.72. The van der Waals surface area contributed by atoms with E-state index in [-0.39, 0.29) is 63.8 Å². The Kier molecular flexibility index (Phi) is 9.83. The van der Waals surface area contributed by atoms with Gasteiger partial charge in [-0.2, -0.15) is 9.97 Å². The van der Waals surface area contributed by atoms with Crippen molar-refractivity contribution in [2.24, 2.45) is 0 Å². The van der Waals surface area contributed by atoms with E-state index in [0.717, 1.165) is 0 Å². The van der Waals surface area contributed by atoms with Crippen LogP contribution in [0.4, 0.5) is 11.9 Å². The molecule has 3 aliphatic rings. The first-order valence-electron chi connectivity index (χ1n) is 13.1. The molecule has 3 aliphatic heterocycles. The van der Waals surface area contributed by atoms with Crippen LogP contribution in [-0.2, 0) is 51.2 Å². The third-order valence-electron chi connectivity index (χ3n) is 7.38. The van der Waals surface area contributed by atoms with Crippen LogP contribution in [0.3, 0.4) is 0 Å². The van der Waals surface area contributed by atoms with Crippen LogP contribution >= 0.6 is 24.7 Å². The van der Waals surface area contributed by atoms with Crippen LogP contribution in [0.2, 0.25) is 0 Å². The summed E-state index contributed by atoms with van der Waals surface area (Å²) in [5.41, 5.74) is 6.55. The van der Waals surface area contributed by atoms with Gasteiger partial charge in [0.05, 0.1) is 25.9 Å². The molecule has 0 amide bonds. The summed E-state index contributed by atoms with van der Waals surface area (Å²) in [7, 11) is 0. The number of nitrogens with one attached hydrogen (secondary N) is 2. The molecule has 248 valence electrons. The monoisotopic (exact) mass is 761 g/mol. The Morgan fingerprint density at radius 1 is 0.851 bits per heavy atom. The molecular weight excluding hydrogens is 737 g/mol. The van der Waals surface area contributed by atoms with E-state index in [0.29, 0.717) is 0 Å². The van der Waals surface area contributed by atoms with E-state index < -0.39 is 85.8 Å². The zero-order valence-corrected chi connectivity index (χ0v) is 30.1. The van der Waals surface area contributed by atoms with Crippen molar-refractivity contribution in [3.05, 3.63) is 33.4 Å². The summed E-state index contributed by atoms with van der Waals surface area (Å²) in [6.45, 7) is -5.06. The molecule has 7 rings (SSSR count). The number of ether oxygens (including phenoxy) is 2. The predicted molar refractivity (Wildman–Crippen MR) is 166 cm³/mol. The molecule has 0 radical (unpaired) electrons. The van der Waals surface area contributed by atoms with E-state index in [1.54, 1.807) is 0 Å². The normalized spacial score (nSPS) is 36.3. The summed E-state index contributed by atoms with van der Waals surface area (Å²) in [6.07, 6.45) is -7.99. The maximum atomic E-state index is 12.3. The van der Waals surface area contributed by atoms with E-state index >= 15 is 0 Å². The Bertz CT molecular complexity index is 1920. The molecule has 0 aromatic carbocycles. The van der Waals surface area contributed by atoms with Gasteiger partial charge < -0.3 is 49.6 Å². The molecule has 3 saturated heterocycles. The van der Waals surface area contributed by atoms with E-state index in [2.05, 4.69) is 42.2 Å². The largest absolute Gasteiger partial charge is 1.00 e. The van der Waals surface area contributed by atoms with Gasteiger partial charge in [-0.05, 0) is 23.6 Å². The summed E-state index contributed by atoms with van der Waals surface area (Å²) in [6, 6.07) is 0. The minimum atomic E-state index is -4.17. The molecule has 4 aromatic heterocycles. The van der Waals surface area contributed by atoms with Gasteiger partial charge in [-0.3, -0.25) is 33.2 Å². The zero-order chi connectivity index (χ0) is 32.7. The van der Waals surface area contributed by atoms with Crippen LogP contribution in [0.5, 0.6) is 0 Å². The molecule has 9 N–H and O–H groups in total. The van der Waals surface area contributed by atoms with Crippen molar-refractivity contribution in [2.45, 2.75) is 49.1 Å². The van der Waals surface area contributed by atoms with Crippen molar-refractivity contribution < 1.29 is 72.2 Å². The number of fused-ring (bicyclic) bond motifs is 4. The summed E-state index contributed by atoms with van der Waals surface area (Å²) in [5.74, 6) is -0.389. The minimum Gasteiger partial charge on any atom is -0.386 e. The Hall–Kier alpha value is -1.41. The van der Waals surface area contributed by atoms with E-state index in [1.165, 1.54) is 21.8 Å². The van der Waals surface area contributed by atoms with Crippen molar-refractivity contribution in [1.29, 1.82) is 0 Å². The fourth-order valence-corrected chi connectivity index (χ4v) is 8.81. The third-order valence-corrected chi connectivity index (χ3v) is 11.1. The number of aliphatic hydroxyl groups is 2. The molecule has 4 aromatic rings. The first-order chi connectivity index (χ1) is 21.7. The number of nitrogens with two attached hydrogens (primary N) is 2. The number of nitrogens with zero attached hydrogens (tertiary/aromatic N) is 6. The van der Waals surface area contributed by atoms with Crippen LogP contribution in [0, 0.1) is 0 Å². The quantitative estimate of drug-likeness (QED) is 0.0540. The van der Waals surface area contributed by atoms with Gasteiger partial charge in [-0.25, -0.2) is 9.97 Å². The number of hydrogen-bond acceptors (Lipinski definition) is 18. The molecule has 47 heavy (non-hydrogen) atoms. The maximum Gasteiger partial charge on any atom is 1.00 e. The van der Waals surface area contributed by atoms with Gasteiger partial charge in [-0.15, -0.1) is 0 Å². The molecule has 27 heteroatoms. The van der Waals surface area contributed by atoms with Crippen molar-refractivity contribution >= 4 is 82.5 Å².